The zero-order chi connectivity index (χ0) is 19.3. The molecule has 26 heavy (non-hydrogen) atoms. The quantitative estimate of drug-likeness (QED) is 0.791. The number of carboxylic acids is 1. The Labute approximate surface area is 151 Å². The third-order valence-corrected chi connectivity index (χ3v) is 3.48. The number of carboxylic acid groups (broad SMARTS) is 1. The van der Waals surface area contributed by atoms with Crippen molar-refractivity contribution in [2.75, 3.05) is 6.61 Å². The lowest BCUT2D eigenvalue weighted by Crippen LogP contribution is -2.24. The summed E-state index contributed by atoms with van der Waals surface area (Å²) in [5, 5.41) is 11.4. The second kappa shape index (κ2) is 8.09. The first kappa shape index (κ1) is 19.6. The molecule has 0 atom stereocenters. The van der Waals surface area contributed by atoms with Crippen molar-refractivity contribution in [1.82, 2.24) is 5.32 Å². The van der Waals surface area contributed by atoms with Crippen LogP contribution in [0.3, 0.4) is 0 Å². The summed E-state index contributed by atoms with van der Waals surface area (Å²) in [5.74, 6) is -1.92. The van der Waals surface area contributed by atoms with Gasteiger partial charge in [-0.3, -0.25) is 4.79 Å². The van der Waals surface area contributed by atoms with Crippen LogP contribution in [0.4, 0.5) is 13.2 Å². The van der Waals surface area contributed by atoms with Crippen molar-refractivity contribution >= 4 is 23.5 Å². The number of hydrogen-bond acceptors (Lipinski definition) is 3. The fraction of sp³-hybridized carbons (Fsp3) is 0.176. The van der Waals surface area contributed by atoms with Gasteiger partial charge in [-0.1, -0.05) is 23.7 Å². The molecule has 0 spiro atoms. The predicted octanol–water partition coefficient (Wildman–Crippen LogP) is 3.75. The summed E-state index contributed by atoms with van der Waals surface area (Å²) in [6, 6.07) is 8.58. The van der Waals surface area contributed by atoms with Crippen LogP contribution in [0.2, 0.25) is 5.02 Å². The smallest absolute Gasteiger partial charge is 0.416 e. The Kier molecular flexibility index (Phi) is 6.10. The Bertz CT molecular complexity index is 824. The Morgan fingerprint density at radius 2 is 1.88 bits per heavy atom. The number of nitrogens with one attached hydrogen (secondary N) is 1. The van der Waals surface area contributed by atoms with Gasteiger partial charge in [-0.15, -0.1) is 0 Å². The lowest BCUT2D eigenvalue weighted by molar-refractivity contribution is -0.139. The molecule has 2 aromatic rings. The number of carbonyl (C=O) groups excluding carboxylic acids is 1. The van der Waals surface area contributed by atoms with Gasteiger partial charge in [0.15, 0.2) is 6.61 Å². The van der Waals surface area contributed by atoms with Crippen molar-refractivity contribution in [3.8, 4) is 5.75 Å². The molecule has 0 saturated carbocycles. The average molecular weight is 388 g/mol. The number of halogens is 4. The SMILES string of the molecule is O=C(O)COc1cc(Cl)ccc1C(=O)NCc1cccc(C(F)(F)F)c1. The molecule has 0 fully saturated rings. The maximum Gasteiger partial charge on any atom is 0.416 e. The topological polar surface area (TPSA) is 75.6 Å². The molecular formula is C17H13ClF3NO4. The zero-order valence-corrected chi connectivity index (χ0v) is 13.9. The number of rotatable bonds is 6. The third kappa shape index (κ3) is 5.38. The highest BCUT2D eigenvalue weighted by Gasteiger charge is 2.30. The standard InChI is InChI=1S/C17H13ClF3NO4/c18-12-4-5-13(14(7-12)26-9-15(23)24)16(25)22-8-10-2-1-3-11(6-10)17(19,20)21/h1-7H,8-9H2,(H,22,25)(H,23,24). The molecule has 2 aromatic carbocycles. The number of benzene rings is 2. The van der Waals surface area contributed by atoms with E-state index < -0.39 is 30.2 Å². The van der Waals surface area contributed by atoms with Crippen LogP contribution in [0.5, 0.6) is 5.75 Å². The van der Waals surface area contributed by atoms with E-state index in [1.165, 1.54) is 30.3 Å². The van der Waals surface area contributed by atoms with E-state index in [0.717, 1.165) is 12.1 Å². The Morgan fingerprint density at radius 1 is 1.15 bits per heavy atom. The molecule has 0 aliphatic carbocycles. The van der Waals surface area contributed by atoms with E-state index in [1.54, 1.807) is 0 Å². The second-order valence-electron chi connectivity index (χ2n) is 5.20. The van der Waals surface area contributed by atoms with E-state index in [9.17, 15) is 22.8 Å². The summed E-state index contributed by atoms with van der Waals surface area (Å²) in [5.41, 5.74) is -0.543. The zero-order valence-electron chi connectivity index (χ0n) is 13.1. The summed E-state index contributed by atoms with van der Waals surface area (Å²) >= 11 is 5.80. The third-order valence-electron chi connectivity index (χ3n) is 3.25. The highest BCUT2D eigenvalue weighted by Crippen LogP contribution is 2.29. The molecule has 0 heterocycles. The van der Waals surface area contributed by atoms with Crippen LogP contribution >= 0.6 is 11.6 Å². The highest BCUT2D eigenvalue weighted by molar-refractivity contribution is 6.30. The summed E-state index contributed by atoms with van der Waals surface area (Å²) in [7, 11) is 0. The van der Waals surface area contributed by atoms with E-state index in [4.69, 9.17) is 21.4 Å². The van der Waals surface area contributed by atoms with Crippen LogP contribution in [0.15, 0.2) is 42.5 Å². The predicted molar refractivity (Wildman–Crippen MR) is 87.2 cm³/mol. The minimum absolute atomic E-state index is 0.0163. The van der Waals surface area contributed by atoms with E-state index in [1.807, 2.05) is 0 Å². The minimum atomic E-state index is -4.48. The fourth-order valence-corrected chi connectivity index (χ4v) is 2.24. The number of aliphatic carboxylic acids is 1. The Balaban J connectivity index is 2.12. The summed E-state index contributed by atoms with van der Waals surface area (Å²) in [6.45, 7) is -0.821. The van der Waals surface area contributed by atoms with Crippen LogP contribution in [-0.2, 0) is 17.5 Å². The lowest BCUT2D eigenvalue weighted by Gasteiger charge is -2.12. The van der Waals surface area contributed by atoms with Crippen molar-refractivity contribution in [3.05, 3.63) is 64.2 Å². The van der Waals surface area contributed by atoms with E-state index in [-0.39, 0.29) is 28.4 Å². The van der Waals surface area contributed by atoms with E-state index >= 15 is 0 Å². The normalized spacial score (nSPS) is 11.1. The summed E-state index contributed by atoms with van der Waals surface area (Å²) < 4.78 is 43.1. The van der Waals surface area contributed by atoms with Gasteiger partial charge in [0.2, 0.25) is 0 Å². The number of amides is 1. The van der Waals surface area contributed by atoms with Gasteiger partial charge in [0.25, 0.3) is 5.91 Å². The van der Waals surface area contributed by atoms with Gasteiger partial charge in [0.1, 0.15) is 5.75 Å². The first-order valence-corrected chi connectivity index (χ1v) is 7.63. The molecule has 0 bridgehead atoms. The number of ether oxygens (including phenoxy) is 1. The number of hydrogen-bond donors (Lipinski definition) is 2. The highest BCUT2D eigenvalue weighted by atomic mass is 35.5. The summed E-state index contributed by atoms with van der Waals surface area (Å²) in [4.78, 5) is 22.9. The molecule has 0 saturated heterocycles. The average Bonchev–Trinajstić information content (AvgIpc) is 2.57. The van der Waals surface area contributed by atoms with Crippen LogP contribution < -0.4 is 10.1 Å². The molecule has 138 valence electrons. The van der Waals surface area contributed by atoms with E-state index in [0.29, 0.717) is 0 Å². The van der Waals surface area contributed by atoms with Crippen LogP contribution in [0.1, 0.15) is 21.5 Å². The number of alkyl halides is 3. The fourth-order valence-electron chi connectivity index (χ4n) is 2.08. The molecule has 9 heteroatoms. The maximum absolute atomic E-state index is 12.7. The van der Waals surface area contributed by atoms with Crippen molar-refractivity contribution in [3.63, 3.8) is 0 Å². The molecule has 0 unspecified atom stereocenters. The molecule has 0 aliphatic rings. The van der Waals surface area contributed by atoms with Crippen molar-refractivity contribution in [2.45, 2.75) is 12.7 Å². The molecular weight excluding hydrogens is 375 g/mol. The van der Waals surface area contributed by atoms with Crippen LogP contribution in [0, 0.1) is 0 Å². The van der Waals surface area contributed by atoms with E-state index in [2.05, 4.69) is 5.32 Å². The monoisotopic (exact) mass is 387 g/mol. The maximum atomic E-state index is 12.7. The first-order valence-electron chi connectivity index (χ1n) is 7.25. The van der Waals surface area contributed by atoms with Crippen molar-refractivity contribution < 1.29 is 32.6 Å². The number of carbonyl (C=O) groups is 2. The molecule has 5 nitrogen and oxygen atoms in total. The first-order chi connectivity index (χ1) is 12.2. The molecule has 0 aliphatic heterocycles. The molecule has 0 radical (unpaired) electrons. The minimum Gasteiger partial charge on any atom is -0.481 e. The molecule has 2 N–H and O–H groups in total. The summed E-state index contributed by atoms with van der Waals surface area (Å²) in [6.07, 6.45) is -4.48. The Morgan fingerprint density at radius 3 is 2.54 bits per heavy atom. The lowest BCUT2D eigenvalue weighted by atomic mass is 10.1. The Hall–Kier alpha value is -2.74. The molecule has 1 amide bonds. The van der Waals surface area contributed by atoms with Gasteiger partial charge in [-0.2, -0.15) is 13.2 Å². The van der Waals surface area contributed by atoms with Gasteiger partial charge >= 0.3 is 12.1 Å². The van der Waals surface area contributed by atoms with Gasteiger partial charge in [-0.25, -0.2) is 4.79 Å². The van der Waals surface area contributed by atoms with Crippen LogP contribution in [-0.4, -0.2) is 23.6 Å². The largest absolute Gasteiger partial charge is 0.481 e. The molecule has 0 aromatic heterocycles. The molecule has 2 rings (SSSR count). The van der Waals surface area contributed by atoms with Gasteiger partial charge in [0.05, 0.1) is 11.1 Å². The van der Waals surface area contributed by atoms with Gasteiger partial charge in [0, 0.05) is 11.6 Å². The van der Waals surface area contributed by atoms with Crippen LogP contribution in [0.25, 0.3) is 0 Å². The van der Waals surface area contributed by atoms with Gasteiger partial charge in [-0.05, 0) is 35.9 Å². The van der Waals surface area contributed by atoms with Gasteiger partial charge < -0.3 is 15.2 Å². The van der Waals surface area contributed by atoms with Crippen molar-refractivity contribution in [2.24, 2.45) is 0 Å². The van der Waals surface area contributed by atoms with Crippen molar-refractivity contribution in [1.29, 1.82) is 0 Å². The second-order valence-corrected chi connectivity index (χ2v) is 5.64.